The zero-order chi connectivity index (χ0) is 22.6. The van der Waals surface area contributed by atoms with Gasteiger partial charge in [-0.05, 0) is 36.8 Å². The van der Waals surface area contributed by atoms with E-state index in [0.29, 0.717) is 31.2 Å². The molecule has 5 heteroatoms. The molecule has 31 heavy (non-hydrogen) atoms. The smallest absolute Gasteiger partial charge is 0.242 e. The maximum atomic E-state index is 13.2. The Morgan fingerprint density at radius 1 is 1.03 bits per heavy atom. The minimum atomic E-state index is -0.436. The van der Waals surface area contributed by atoms with Gasteiger partial charge in [0.25, 0.3) is 0 Å². The van der Waals surface area contributed by atoms with Crippen LogP contribution in [0.4, 0.5) is 0 Å². The Bertz CT molecular complexity index is 823. The minimum absolute atomic E-state index is 0.0279. The molecule has 0 aliphatic heterocycles. The van der Waals surface area contributed by atoms with Crippen molar-refractivity contribution in [3.8, 4) is 0 Å². The van der Waals surface area contributed by atoms with Crippen molar-refractivity contribution >= 4 is 23.6 Å². The maximum absolute atomic E-state index is 13.2. The number of thioether (sulfide) groups is 1. The van der Waals surface area contributed by atoms with Gasteiger partial charge in [0.2, 0.25) is 11.8 Å². The highest BCUT2D eigenvalue weighted by atomic mass is 32.2. The highest BCUT2D eigenvalue weighted by Crippen LogP contribution is 2.16. The molecule has 0 spiro atoms. The molecular formula is C26H36N2O2S. The molecular weight excluding hydrogens is 404 g/mol. The quantitative estimate of drug-likeness (QED) is 0.513. The van der Waals surface area contributed by atoms with Crippen LogP contribution in [0.3, 0.4) is 0 Å². The van der Waals surface area contributed by atoms with Crippen LogP contribution >= 0.6 is 11.8 Å². The van der Waals surface area contributed by atoms with Crippen LogP contribution in [0, 0.1) is 12.8 Å². The van der Waals surface area contributed by atoms with E-state index in [1.54, 1.807) is 16.7 Å². The molecule has 2 aromatic rings. The number of carbonyl (C=O) groups is 2. The molecule has 2 aromatic carbocycles. The van der Waals surface area contributed by atoms with E-state index >= 15 is 0 Å². The molecule has 0 bridgehead atoms. The molecule has 0 saturated carbocycles. The zero-order valence-electron chi connectivity index (χ0n) is 19.3. The Morgan fingerprint density at radius 2 is 1.74 bits per heavy atom. The SMILES string of the molecule is CC[C@@H](C(=O)NCC(C)C)N(CCc1ccccc1)C(=O)CSCc1cccc(C)c1. The van der Waals surface area contributed by atoms with E-state index in [9.17, 15) is 9.59 Å². The lowest BCUT2D eigenvalue weighted by Crippen LogP contribution is -2.51. The predicted molar refractivity (Wildman–Crippen MR) is 131 cm³/mol. The molecule has 1 atom stereocenters. The van der Waals surface area contributed by atoms with E-state index in [0.717, 1.165) is 12.2 Å². The fourth-order valence-electron chi connectivity index (χ4n) is 3.46. The number of hydrogen-bond donors (Lipinski definition) is 1. The van der Waals surface area contributed by atoms with E-state index < -0.39 is 6.04 Å². The van der Waals surface area contributed by atoms with Gasteiger partial charge in [0.15, 0.2) is 0 Å². The van der Waals surface area contributed by atoms with Gasteiger partial charge in [0.05, 0.1) is 5.75 Å². The molecule has 4 nitrogen and oxygen atoms in total. The number of nitrogens with one attached hydrogen (secondary N) is 1. The molecule has 0 aliphatic rings. The van der Waals surface area contributed by atoms with Gasteiger partial charge in [-0.1, -0.05) is 80.9 Å². The molecule has 0 unspecified atom stereocenters. The summed E-state index contributed by atoms with van der Waals surface area (Å²) in [5, 5.41) is 3.02. The largest absolute Gasteiger partial charge is 0.354 e. The van der Waals surface area contributed by atoms with Crippen LogP contribution in [-0.2, 0) is 21.8 Å². The molecule has 0 aliphatic carbocycles. The van der Waals surface area contributed by atoms with Crippen molar-refractivity contribution in [2.45, 2.75) is 52.3 Å². The Hall–Kier alpha value is -2.27. The van der Waals surface area contributed by atoms with Gasteiger partial charge < -0.3 is 10.2 Å². The van der Waals surface area contributed by atoms with Crippen molar-refractivity contribution < 1.29 is 9.59 Å². The summed E-state index contributed by atoms with van der Waals surface area (Å²) < 4.78 is 0. The van der Waals surface area contributed by atoms with Crippen molar-refractivity contribution in [1.29, 1.82) is 0 Å². The first-order valence-electron chi connectivity index (χ1n) is 11.1. The third-order valence-corrected chi connectivity index (χ3v) is 6.12. The van der Waals surface area contributed by atoms with E-state index in [1.807, 2.05) is 31.2 Å². The van der Waals surface area contributed by atoms with Crippen LogP contribution < -0.4 is 5.32 Å². The van der Waals surface area contributed by atoms with Crippen molar-refractivity contribution in [1.82, 2.24) is 10.2 Å². The van der Waals surface area contributed by atoms with Crippen molar-refractivity contribution in [2.24, 2.45) is 5.92 Å². The zero-order valence-corrected chi connectivity index (χ0v) is 20.1. The number of amides is 2. The first-order valence-corrected chi connectivity index (χ1v) is 12.3. The van der Waals surface area contributed by atoms with Gasteiger partial charge in [0.1, 0.15) is 6.04 Å². The molecule has 0 saturated heterocycles. The average molecular weight is 441 g/mol. The Labute approximate surface area is 191 Å². The second-order valence-corrected chi connectivity index (χ2v) is 9.35. The number of rotatable bonds is 12. The van der Waals surface area contributed by atoms with Crippen LogP contribution in [0.15, 0.2) is 54.6 Å². The van der Waals surface area contributed by atoms with Gasteiger partial charge in [-0.3, -0.25) is 9.59 Å². The molecule has 0 heterocycles. The van der Waals surface area contributed by atoms with E-state index in [-0.39, 0.29) is 11.8 Å². The van der Waals surface area contributed by atoms with Crippen molar-refractivity contribution in [3.63, 3.8) is 0 Å². The summed E-state index contributed by atoms with van der Waals surface area (Å²) in [6, 6.07) is 18.1. The van der Waals surface area contributed by atoms with Crippen LogP contribution in [0.2, 0.25) is 0 Å². The lowest BCUT2D eigenvalue weighted by molar-refractivity contribution is -0.138. The van der Waals surface area contributed by atoms with Gasteiger partial charge >= 0.3 is 0 Å². The number of benzene rings is 2. The predicted octanol–water partition coefficient (Wildman–Crippen LogP) is 4.85. The van der Waals surface area contributed by atoms with Gasteiger partial charge in [0, 0.05) is 18.8 Å². The maximum Gasteiger partial charge on any atom is 0.242 e. The summed E-state index contributed by atoms with van der Waals surface area (Å²) in [6.45, 7) is 9.36. The van der Waals surface area contributed by atoms with Crippen LogP contribution in [0.5, 0.6) is 0 Å². The highest BCUT2D eigenvalue weighted by molar-refractivity contribution is 7.99. The second-order valence-electron chi connectivity index (χ2n) is 8.37. The minimum Gasteiger partial charge on any atom is -0.354 e. The van der Waals surface area contributed by atoms with Crippen molar-refractivity contribution in [3.05, 3.63) is 71.3 Å². The van der Waals surface area contributed by atoms with Crippen LogP contribution in [0.25, 0.3) is 0 Å². The van der Waals surface area contributed by atoms with E-state index in [2.05, 4.69) is 56.4 Å². The number of nitrogens with zero attached hydrogens (tertiary/aromatic N) is 1. The number of aryl methyl sites for hydroxylation is 1. The molecule has 0 aromatic heterocycles. The third-order valence-electron chi connectivity index (χ3n) is 5.13. The first kappa shape index (κ1) is 25.0. The number of hydrogen-bond acceptors (Lipinski definition) is 3. The first-order chi connectivity index (χ1) is 14.9. The topological polar surface area (TPSA) is 49.4 Å². The fraction of sp³-hybridized carbons (Fsp3) is 0.462. The Morgan fingerprint density at radius 3 is 2.39 bits per heavy atom. The standard InChI is InChI=1S/C26H36N2O2S/c1-5-24(26(30)27-17-20(2)3)28(15-14-22-11-7-6-8-12-22)25(29)19-31-18-23-13-9-10-21(4)16-23/h6-13,16,20,24H,5,14-15,17-19H2,1-4H3,(H,27,30)/t24-/m0/s1. The van der Waals surface area contributed by atoms with E-state index in [4.69, 9.17) is 0 Å². The molecule has 2 amide bonds. The monoisotopic (exact) mass is 440 g/mol. The summed E-state index contributed by atoms with van der Waals surface area (Å²) in [6.07, 6.45) is 1.34. The Kier molecular flexibility index (Phi) is 10.6. The Balaban J connectivity index is 2.04. The lowest BCUT2D eigenvalue weighted by atomic mass is 10.1. The molecule has 1 N–H and O–H groups in total. The van der Waals surface area contributed by atoms with Gasteiger partial charge in [-0.15, -0.1) is 11.8 Å². The molecule has 2 rings (SSSR count). The molecule has 0 fully saturated rings. The van der Waals surface area contributed by atoms with Crippen LogP contribution in [0.1, 0.15) is 43.9 Å². The van der Waals surface area contributed by atoms with Crippen molar-refractivity contribution in [2.75, 3.05) is 18.8 Å². The molecule has 0 radical (unpaired) electrons. The summed E-state index contributed by atoms with van der Waals surface area (Å²) in [5.41, 5.74) is 3.61. The number of carbonyl (C=O) groups excluding carboxylic acids is 2. The van der Waals surface area contributed by atoms with Gasteiger partial charge in [-0.25, -0.2) is 0 Å². The fourth-order valence-corrected chi connectivity index (χ4v) is 4.32. The average Bonchev–Trinajstić information content (AvgIpc) is 2.75. The summed E-state index contributed by atoms with van der Waals surface area (Å²) >= 11 is 1.61. The third kappa shape index (κ3) is 8.78. The second kappa shape index (κ2) is 13.2. The summed E-state index contributed by atoms with van der Waals surface area (Å²) in [7, 11) is 0. The highest BCUT2D eigenvalue weighted by Gasteiger charge is 2.28. The summed E-state index contributed by atoms with van der Waals surface area (Å²) in [4.78, 5) is 27.8. The van der Waals surface area contributed by atoms with E-state index in [1.165, 1.54) is 16.7 Å². The van der Waals surface area contributed by atoms with Crippen LogP contribution in [-0.4, -0.2) is 41.6 Å². The summed E-state index contributed by atoms with van der Waals surface area (Å²) in [5.74, 6) is 1.51. The molecule has 168 valence electrons. The lowest BCUT2D eigenvalue weighted by Gasteiger charge is -2.31. The van der Waals surface area contributed by atoms with Gasteiger partial charge in [-0.2, -0.15) is 0 Å². The normalized spacial score (nSPS) is 11.9.